The predicted molar refractivity (Wildman–Crippen MR) is 35.7 cm³/mol. The van der Waals surface area contributed by atoms with Crippen LogP contribution in [0, 0.1) is 0 Å². The van der Waals surface area contributed by atoms with Gasteiger partial charge in [-0.1, -0.05) is 0 Å². The average Bonchev–Trinajstić information content (AvgIpc) is 2.14. The second-order valence-electron chi connectivity index (χ2n) is 1.58. The van der Waals surface area contributed by atoms with Crippen molar-refractivity contribution in [1.82, 2.24) is 9.78 Å². The molecule has 0 fully saturated rings. The predicted octanol–water partition coefficient (Wildman–Crippen LogP) is -0.818. The van der Waals surface area contributed by atoms with Gasteiger partial charge in [0, 0.05) is 0 Å². The number of hydrogen-bond donors (Lipinski definition) is 0. The fraction of sp³-hybridized carbons (Fsp3) is 0.200. The van der Waals surface area contributed by atoms with Crippen molar-refractivity contribution in [3.63, 3.8) is 0 Å². The van der Waals surface area contributed by atoms with Gasteiger partial charge in [-0.05, 0) is 0 Å². The van der Waals surface area contributed by atoms with Gasteiger partial charge >= 0.3 is 58.0 Å². The van der Waals surface area contributed by atoms with Crippen LogP contribution in [0.4, 0.5) is 0 Å². The summed E-state index contributed by atoms with van der Waals surface area (Å²) in [5.41, 5.74) is 0. The van der Waals surface area contributed by atoms with Crippen LogP contribution in [-0.4, -0.2) is 35.0 Å². The van der Waals surface area contributed by atoms with Gasteiger partial charge in [-0.3, -0.25) is 0 Å². The molecule has 0 bridgehead atoms. The molecule has 8 heavy (non-hydrogen) atoms. The summed E-state index contributed by atoms with van der Waals surface area (Å²) in [7, 11) is 1.93. The second kappa shape index (κ2) is 2.44. The Morgan fingerprint density at radius 1 is 1.88 bits per heavy atom. The van der Waals surface area contributed by atoms with Gasteiger partial charge in [-0.2, -0.15) is 0 Å². The standard InChI is InChI=1S/C4H5N2.CH2.Sn/c1-6-4-2-3-5-6;;/h3-4H,1H3;1H2;. The van der Waals surface area contributed by atoms with Crippen LogP contribution >= 0.6 is 0 Å². The van der Waals surface area contributed by atoms with E-state index in [1.54, 1.807) is 0 Å². The summed E-state index contributed by atoms with van der Waals surface area (Å²) in [5.74, 6) is 0. The number of aryl methyl sites for hydroxylation is 1. The van der Waals surface area contributed by atoms with Crippen LogP contribution in [0.15, 0.2) is 12.4 Å². The van der Waals surface area contributed by atoms with Gasteiger partial charge in [0.2, 0.25) is 0 Å². The van der Waals surface area contributed by atoms with Crippen molar-refractivity contribution < 1.29 is 0 Å². The van der Waals surface area contributed by atoms with Crippen LogP contribution in [0.1, 0.15) is 0 Å². The Morgan fingerprint density at radius 2 is 2.62 bits per heavy atom. The van der Waals surface area contributed by atoms with Crippen molar-refractivity contribution in [2.24, 2.45) is 7.05 Å². The van der Waals surface area contributed by atoms with E-state index in [2.05, 4.69) is 9.62 Å². The zero-order chi connectivity index (χ0) is 5.98. The van der Waals surface area contributed by atoms with Crippen LogP contribution in [0.25, 0.3) is 0 Å². The van der Waals surface area contributed by atoms with E-state index in [0.29, 0.717) is 0 Å². The summed E-state index contributed by atoms with van der Waals surface area (Å²) < 4.78 is 7.06. The maximum atomic E-state index is 4.01. The van der Waals surface area contributed by atoms with E-state index in [4.69, 9.17) is 0 Å². The summed E-state index contributed by atoms with van der Waals surface area (Å²) >= 11 is -0.456. The van der Waals surface area contributed by atoms with E-state index in [-0.39, 0.29) is 0 Å². The second-order valence-corrected chi connectivity index (χ2v) is 4.24. The molecule has 0 saturated heterocycles. The van der Waals surface area contributed by atoms with E-state index in [0.717, 1.165) is 0 Å². The van der Waals surface area contributed by atoms with Crippen LogP contribution in [0.2, 0.25) is 0 Å². The molecule has 3 heteroatoms. The van der Waals surface area contributed by atoms with Gasteiger partial charge in [0.15, 0.2) is 0 Å². The van der Waals surface area contributed by atoms with Crippen molar-refractivity contribution >= 4 is 28.8 Å². The number of rotatable bonds is 1. The minimum absolute atomic E-state index is 0.456. The van der Waals surface area contributed by atoms with Gasteiger partial charge in [-0.15, -0.1) is 0 Å². The monoisotopic (exact) mass is 215 g/mol. The Balaban J connectivity index is 3.00. The molecule has 1 rings (SSSR count). The van der Waals surface area contributed by atoms with Gasteiger partial charge in [-0.25, -0.2) is 0 Å². The van der Waals surface area contributed by atoms with Crippen molar-refractivity contribution in [3.8, 4) is 0 Å². The summed E-state index contributed by atoms with van der Waals surface area (Å²) in [6, 6.07) is 0. The summed E-state index contributed by atoms with van der Waals surface area (Å²) in [6.45, 7) is 0. The van der Waals surface area contributed by atoms with Crippen molar-refractivity contribution in [1.29, 1.82) is 0 Å². The zero-order valence-corrected chi connectivity index (χ0v) is 7.61. The van der Waals surface area contributed by atoms with E-state index in [9.17, 15) is 0 Å². The molecular formula is C5H7N2Sn. The molecule has 0 aliphatic heterocycles. The average molecular weight is 214 g/mol. The molecule has 1 radical (unpaired) electrons. The molecule has 0 aliphatic rings. The zero-order valence-electron chi connectivity index (χ0n) is 4.76. The third-order valence-electron chi connectivity index (χ3n) is 0.909. The van der Waals surface area contributed by atoms with Crippen molar-refractivity contribution in [3.05, 3.63) is 12.4 Å². The summed E-state index contributed by atoms with van der Waals surface area (Å²) in [4.78, 5) is 0. The first-order valence-electron chi connectivity index (χ1n) is 2.34. The Bertz CT molecular complexity index is 192. The molecule has 41 valence electrons. The van der Waals surface area contributed by atoms with Crippen molar-refractivity contribution in [2.75, 3.05) is 0 Å². The van der Waals surface area contributed by atoms with E-state index in [1.807, 2.05) is 24.1 Å². The number of aromatic nitrogens is 2. The third-order valence-corrected chi connectivity index (χ3v) is 2.81. The van der Waals surface area contributed by atoms with E-state index >= 15 is 0 Å². The number of hydrogen-bond acceptors (Lipinski definition) is 1. The molecule has 2 nitrogen and oxygen atoms in total. The number of nitrogens with zero attached hydrogens (tertiary/aromatic N) is 2. The third kappa shape index (κ3) is 1.18. The molecule has 0 N–H and O–H groups in total. The SMILES string of the molecule is [CH2]=[Sn][c]1cnn(C)c1. The van der Waals surface area contributed by atoms with Gasteiger partial charge in [0.1, 0.15) is 0 Å². The normalized spacial score (nSPS) is 9.12. The van der Waals surface area contributed by atoms with Crippen LogP contribution in [0.3, 0.4) is 0 Å². The van der Waals surface area contributed by atoms with Gasteiger partial charge in [0.05, 0.1) is 0 Å². The Hall–Kier alpha value is -0.121. The molecule has 1 heterocycles. The Labute approximate surface area is 58.2 Å². The van der Waals surface area contributed by atoms with Crippen LogP contribution in [0.5, 0.6) is 0 Å². The molecule has 1 aromatic heterocycles. The molecule has 0 aromatic carbocycles. The molecule has 0 amide bonds. The molecule has 1 aromatic rings. The van der Waals surface area contributed by atoms with Gasteiger partial charge < -0.3 is 0 Å². The topological polar surface area (TPSA) is 17.8 Å². The molecular weight excluding hydrogens is 207 g/mol. The van der Waals surface area contributed by atoms with Crippen LogP contribution < -0.4 is 3.58 Å². The van der Waals surface area contributed by atoms with Crippen LogP contribution in [-0.2, 0) is 7.05 Å². The van der Waals surface area contributed by atoms with E-state index in [1.165, 1.54) is 3.58 Å². The molecule has 0 saturated carbocycles. The van der Waals surface area contributed by atoms with Gasteiger partial charge in [0.25, 0.3) is 0 Å². The molecule has 0 aliphatic carbocycles. The summed E-state index contributed by atoms with van der Waals surface area (Å²) in [6.07, 6.45) is 3.94. The fourth-order valence-corrected chi connectivity index (χ4v) is 1.73. The molecule has 0 unspecified atom stereocenters. The Morgan fingerprint density at radius 3 is 2.88 bits per heavy atom. The van der Waals surface area contributed by atoms with E-state index < -0.39 is 20.7 Å². The Kier molecular flexibility index (Phi) is 1.83. The summed E-state index contributed by atoms with van der Waals surface area (Å²) in [5, 5.41) is 4.01. The first kappa shape index (κ1) is 6.01. The quantitative estimate of drug-likeness (QED) is 0.558. The first-order valence-corrected chi connectivity index (χ1v) is 5.79. The molecule has 0 spiro atoms. The fourth-order valence-electron chi connectivity index (χ4n) is 0.513. The maximum absolute atomic E-state index is 4.01. The van der Waals surface area contributed by atoms with Crippen molar-refractivity contribution in [2.45, 2.75) is 0 Å². The first-order chi connectivity index (χ1) is 3.83. The molecule has 0 atom stereocenters. The minimum atomic E-state index is -0.456.